The van der Waals surface area contributed by atoms with Crippen LogP contribution in [0.15, 0.2) is 72.9 Å². The Morgan fingerprint density at radius 2 is 1.67 bits per heavy atom. The Balaban J connectivity index is 1.48. The molecule has 0 unspecified atom stereocenters. The number of esters is 2. The van der Waals surface area contributed by atoms with Gasteiger partial charge in [0.05, 0.1) is 0 Å². The van der Waals surface area contributed by atoms with E-state index in [4.69, 9.17) is 37.4 Å². The Hall–Kier alpha value is -3.48. The molecule has 8 heteroatoms. The molecule has 1 N–H and O–H groups in total. The minimum absolute atomic E-state index is 0.261. The number of carbonyl (C=O) groups excluding carboxylic acids is 2. The summed E-state index contributed by atoms with van der Waals surface area (Å²) in [5.74, 6) is -3.73. The zero-order valence-corrected chi connectivity index (χ0v) is 21.1. The van der Waals surface area contributed by atoms with Crippen LogP contribution in [0.1, 0.15) is 36.5 Å². The second-order valence-electron chi connectivity index (χ2n) is 9.08. The van der Waals surface area contributed by atoms with E-state index in [0.717, 1.165) is 27.6 Å². The number of cyclic esters (lactones) is 2. The lowest BCUT2D eigenvalue weighted by atomic mass is 9.80. The number of hydrogen-bond donors (Lipinski definition) is 1. The summed E-state index contributed by atoms with van der Waals surface area (Å²) < 4.78 is 16.8. The van der Waals surface area contributed by atoms with Gasteiger partial charge < -0.3 is 19.2 Å². The van der Waals surface area contributed by atoms with E-state index in [1.807, 2.05) is 48.7 Å². The maximum atomic E-state index is 13.1. The predicted octanol–water partition coefficient (Wildman–Crippen LogP) is 6.64. The van der Waals surface area contributed by atoms with Crippen molar-refractivity contribution >= 4 is 46.0 Å². The lowest BCUT2D eigenvalue weighted by Crippen LogP contribution is -2.48. The van der Waals surface area contributed by atoms with Gasteiger partial charge in [-0.15, -0.1) is 0 Å². The van der Waals surface area contributed by atoms with Gasteiger partial charge in [0.1, 0.15) is 12.4 Å². The summed E-state index contributed by atoms with van der Waals surface area (Å²) in [5.41, 5.74) is 3.24. The first-order chi connectivity index (χ1) is 17.2. The molecule has 0 spiro atoms. The third-order valence-electron chi connectivity index (χ3n) is 6.14. The van der Waals surface area contributed by atoms with Gasteiger partial charge in [-0.25, -0.2) is 0 Å². The Morgan fingerprint density at radius 1 is 0.972 bits per heavy atom. The molecule has 6 nitrogen and oxygen atoms in total. The van der Waals surface area contributed by atoms with Gasteiger partial charge in [-0.05, 0) is 41.5 Å². The molecule has 4 aromatic rings. The zero-order valence-electron chi connectivity index (χ0n) is 19.6. The smallest absolute Gasteiger partial charge is 0.324 e. The normalized spacial score (nSPS) is 16.4. The van der Waals surface area contributed by atoms with Crippen LogP contribution in [0.25, 0.3) is 10.9 Å². The summed E-state index contributed by atoms with van der Waals surface area (Å²) in [6, 6.07) is 20.2. The van der Waals surface area contributed by atoms with Crippen molar-refractivity contribution in [1.29, 1.82) is 0 Å². The summed E-state index contributed by atoms with van der Waals surface area (Å²) in [4.78, 5) is 29.4. The maximum Gasteiger partial charge on any atom is 0.324 e. The number of H-pyrrole nitrogens is 1. The van der Waals surface area contributed by atoms with Crippen molar-refractivity contribution in [3.8, 4) is 5.75 Å². The van der Waals surface area contributed by atoms with Gasteiger partial charge in [-0.3, -0.25) is 9.59 Å². The molecule has 0 radical (unpaired) electrons. The van der Waals surface area contributed by atoms with Crippen molar-refractivity contribution in [2.45, 2.75) is 32.2 Å². The SMILES string of the molecule is CC1(C)OC(=O)C([C@H](c2ccc(OCc3ccc(Cl)cc3Cl)cc2)c2c[nH]c3ccccc23)C(=O)O1. The fraction of sp³-hybridized carbons (Fsp3) is 0.214. The quantitative estimate of drug-likeness (QED) is 0.226. The molecule has 1 aliphatic heterocycles. The van der Waals surface area contributed by atoms with Gasteiger partial charge in [0.25, 0.3) is 5.79 Å². The van der Waals surface area contributed by atoms with Crippen LogP contribution in [0.3, 0.4) is 0 Å². The van der Waals surface area contributed by atoms with Crippen molar-refractivity contribution in [3.05, 3.63) is 99.7 Å². The molecule has 1 aliphatic rings. The number of para-hydroxylation sites is 1. The van der Waals surface area contributed by atoms with Crippen LogP contribution < -0.4 is 4.74 Å². The Morgan fingerprint density at radius 3 is 2.36 bits per heavy atom. The van der Waals surface area contributed by atoms with Crippen LogP contribution >= 0.6 is 23.2 Å². The highest BCUT2D eigenvalue weighted by Gasteiger charge is 2.48. The molecule has 0 saturated carbocycles. The summed E-state index contributed by atoms with van der Waals surface area (Å²) in [6.07, 6.45) is 1.82. The van der Waals surface area contributed by atoms with E-state index in [9.17, 15) is 9.59 Å². The number of rotatable bonds is 6. The first-order valence-electron chi connectivity index (χ1n) is 11.4. The average Bonchev–Trinajstić information content (AvgIpc) is 3.24. The van der Waals surface area contributed by atoms with Gasteiger partial charge in [0, 0.05) is 52.5 Å². The third kappa shape index (κ3) is 4.79. The summed E-state index contributed by atoms with van der Waals surface area (Å²) >= 11 is 12.2. The predicted molar refractivity (Wildman–Crippen MR) is 137 cm³/mol. The summed E-state index contributed by atoms with van der Waals surface area (Å²) in [7, 11) is 0. The van der Waals surface area contributed by atoms with E-state index < -0.39 is 29.6 Å². The molecule has 1 fully saturated rings. The topological polar surface area (TPSA) is 77.6 Å². The second kappa shape index (κ2) is 9.52. The standard InChI is InChI=1S/C28H23Cl2NO5/c1-28(2)35-26(32)25(27(33)36-28)24(21-14-31-23-6-4-3-5-20(21)23)16-8-11-19(12-9-16)34-15-17-7-10-18(29)13-22(17)30/h3-14,24-25,31H,15H2,1-2H3/t24-/m1/s1. The number of aromatic nitrogens is 1. The Bertz CT molecular complexity index is 1420. The highest BCUT2D eigenvalue weighted by molar-refractivity contribution is 6.35. The molecule has 2 heterocycles. The van der Waals surface area contributed by atoms with Crippen molar-refractivity contribution in [2.24, 2.45) is 5.92 Å². The van der Waals surface area contributed by atoms with Crippen LogP contribution in [-0.2, 0) is 25.7 Å². The van der Waals surface area contributed by atoms with E-state index in [-0.39, 0.29) is 6.61 Å². The number of benzene rings is 3. The number of fused-ring (bicyclic) bond motifs is 1. The fourth-order valence-corrected chi connectivity index (χ4v) is 4.94. The van der Waals surface area contributed by atoms with Gasteiger partial charge in [0.15, 0.2) is 5.92 Å². The molecule has 1 aromatic heterocycles. The maximum absolute atomic E-state index is 13.1. The molecule has 184 valence electrons. The molecule has 3 aromatic carbocycles. The number of halogens is 2. The highest BCUT2D eigenvalue weighted by atomic mass is 35.5. The molecule has 1 atom stereocenters. The van der Waals surface area contributed by atoms with Crippen molar-refractivity contribution in [3.63, 3.8) is 0 Å². The Kier molecular flexibility index (Phi) is 6.41. The van der Waals surface area contributed by atoms with Crippen LogP contribution in [0.5, 0.6) is 5.75 Å². The molecular formula is C28H23Cl2NO5. The van der Waals surface area contributed by atoms with E-state index in [1.165, 1.54) is 0 Å². The highest BCUT2D eigenvalue weighted by Crippen LogP contribution is 2.41. The monoisotopic (exact) mass is 523 g/mol. The molecule has 0 aliphatic carbocycles. The van der Waals surface area contributed by atoms with Crippen LogP contribution in [0.4, 0.5) is 0 Å². The molecule has 0 amide bonds. The first-order valence-corrected chi connectivity index (χ1v) is 12.2. The second-order valence-corrected chi connectivity index (χ2v) is 9.92. The lowest BCUT2D eigenvalue weighted by molar-refractivity contribution is -0.240. The van der Waals surface area contributed by atoms with Gasteiger partial charge >= 0.3 is 11.9 Å². The summed E-state index contributed by atoms with van der Waals surface area (Å²) in [6.45, 7) is 3.34. The Labute approximate surface area is 218 Å². The van der Waals surface area contributed by atoms with E-state index in [2.05, 4.69) is 4.98 Å². The molecule has 1 saturated heterocycles. The number of carbonyl (C=O) groups is 2. The average molecular weight is 524 g/mol. The number of nitrogens with one attached hydrogen (secondary N) is 1. The van der Waals surface area contributed by atoms with E-state index >= 15 is 0 Å². The van der Waals surface area contributed by atoms with Gasteiger partial charge in [-0.2, -0.15) is 0 Å². The third-order valence-corrected chi connectivity index (χ3v) is 6.73. The zero-order chi connectivity index (χ0) is 25.4. The largest absolute Gasteiger partial charge is 0.489 e. The molecule has 5 rings (SSSR count). The van der Waals surface area contributed by atoms with Crippen LogP contribution in [-0.4, -0.2) is 22.7 Å². The minimum Gasteiger partial charge on any atom is -0.489 e. The molecule has 36 heavy (non-hydrogen) atoms. The van der Waals surface area contributed by atoms with Gasteiger partial charge in [0.2, 0.25) is 0 Å². The van der Waals surface area contributed by atoms with Crippen LogP contribution in [0, 0.1) is 5.92 Å². The number of ether oxygens (including phenoxy) is 3. The van der Waals surface area contributed by atoms with Crippen LogP contribution in [0.2, 0.25) is 10.0 Å². The fourth-order valence-electron chi connectivity index (χ4n) is 4.47. The van der Waals surface area contributed by atoms with E-state index in [1.54, 1.807) is 38.1 Å². The minimum atomic E-state index is -1.31. The number of hydrogen-bond acceptors (Lipinski definition) is 5. The molecular weight excluding hydrogens is 501 g/mol. The van der Waals surface area contributed by atoms with Crippen molar-refractivity contribution in [2.75, 3.05) is 0 Å². The number of aromatic amines is 1. The van der Waals surface area contributed by atoms with E-state index in [0.29, 0.717) is 15.8 Å². The summed E-state index contributed by atoms with van der Waals surface area (Å²) in [5, 5.41) is 1.99. The van der Waals surface area contributed by atoms with Crippen molar-refractivity contribution < 1.29 is 23.8 Å². The first kappa shape index (κ1) is 24.2. The molecule has 0 bridgehead atoms. The lowest BCUT2D eigenvalue weighted by Gasteiger charge is -2.36. The van der Waals surface area contributed by atoms with Crippen molar-refractivity contribution in [1.82, 2.24) is 4.98 Å². The van der Waals surface area contributed by atoms with Gasteiger partial charge in [-0.1, -0.05) is 59.6 Å².